The summed E-state index contributed by atoms with van der Waals surface area (Å²) in [5, 5.41) is 16.1. The van der Waals surface area contributed by atoms with Crippen LogP contribution in [0.25, 0.3) is 0 Å². The lowest BCUT2D eigenvalue weighted by molar-refractivity contribution is -0.104. The van der Waals surface area contributed by atoms with Crippen LogP contribution in [-0.4, -0.2) is 28.7 Å². The minimum Gasteiger partial charge on any atom is -0.394 e. The average Bonchev–Trinajstić information content (AvgIpc) is 1.85. The number of aliphatic hydroxyl groups is 2. The van der Waals surface area contributed by atoms with Crippen molar-refractivity contribution in [2.45, 2.75) is 39.9 Å². The summed E-state index contributed by atoms with van der Waals surface area (Å²) < 4.78 is 0. The standard InChI is InChI=1S/2C3H8O.C3H4O/c2*1-3(2)4;1-2-3-4/h2*3-4H,1-2H3;2-3H,1H2. The van der Waals surface area contributed by atoms with E-state index in [0.29, 0.717) is 6.29 Å². The van der Waals surface area contributed by atoms with Crippen LogP contribution in [0.2, 0.25) is 0 Å². The van der Waals surface area contributed by atoms with E-state index in [9.17, 15) is 0 Å². The van der Waals surface area contributed by atoms with Crippen molar-refractivity contribution < 1.29 is 15.0 Å². The first-order valence-corrected chi connectivity index (χ1v) is 3.80. The van der Waals surface area contributed by atoms with Crippen LogP contribution < -0.4 is 0 Å². The van der Waals surface area contributed by atoms with Crippen LogP contribution in [0.1, 0.15) is 27.7 Å². The highest BCUT2D eigenvalue weighted by Crippen LogP contribution is 1.65. The van der Waals surface area contributed by atoms with Crippen LogP contribution in [0.3, 0.4) is 0 Å². The van der Waals surface area contributed by atoms with Gasteiger partial charge < -0.3 is 10.2 Å². The molecule has 0 aromatic carbocycles. The molecule has 3 nitrogen and oxygen atoms in total. The molecular weight excluding hydrogens is 156 g/mol. The molecule has 0 rings (SSSR count). The molecule has 0 aromatic rings. The molecular formula is C9H20O3. The lowest BCUT2D eigenvalue weighted by Crippen LogP contribution is -1.85. The van der Waals surface area contributed by atoms with E-state index in [2.05, 4.69) is 6.58 Å². The van der Waals surface area contributed by atoms with Gasteiger partial charge in [0, 0.05) is 12.2 Å². The van der Waals surface area contributed by atoms with E-state index in [1.165, 1.54) is 6.08 Å². The highest BCUT2D eigenvalue weighted by Gasteiger charge is 1.69. The highest BCUT2D eigenvalue weighted by atomic mass is 16.3. The third-order valence-corrected chi connectivity index (χ3v) is 0.0962. The van der Waals surface area contributed by atoms with Gasteiger partial charge in [-0.2, -0.15) is 0 Å². The number of aldehydes is 1. The third kappa shape index (κ3) is 5940. The van der Waals surface area contributed by atoms with Gasteiger partial charge in [-0.25, -0.2) is 0 Å². The molecule has 0 amide bonds. The fraction of sp³-hybridized carbons (Fsp3) is 0.667. The lowest BCUT2D eigenvalue weighted by Gasteiger charge is -1.80. The quantitative estimate of drug-likeness (QED) is 0.465. The molecule has 0 aromatic heterocycles. The molecule has 0 saturated carbocycles. The Morgan fingerprint density at radius 2 is 1.17 bits per heavy atom. The molecule has 0 radical (unpaired) electrons. The van der Waals surface area contributed by atoms with Crippen LogP contribution in [0, 0.1) is 0 Å². The zero-order valence-corrected chi connectivity index (χ0v) is 8.32. The average molecular weight is 176 g/mol. The van der Waals surface area contributed by atoms with E-state index in [1.807, 2.05) is 0 Å². The topological polar surface area (TPSA) is 57.5 Å². The Hall–Kier alpha value is -0.670. The highest BCUT2D eigenvalue weighted by molar-refractivity contribution is 5.63. The van der Waals surface area contributed by atoms with Crippen LogP contribution in [-0.2, 0) is 4.79 Å². The van der Waals surface area contributed by atoms with Gasteiger partial charge in [0.05, 0.1) is 0 Å². The van der Waals surface area contributed by atoms with Gasteiger partial charge >= 0.3 is 0 Å². The van der Waals surface area contributed by atoms with E-state index in [1.54, 1.807) is 27.7 Å². The van der Waals surface area contributed by atoms with E-state index in [4.69, 9.17) is 15.0 Å². The first-order chi connectivity index (χ1) is 5.38. The normalized spacial score (nSPS) is 7.67. The summed E-state index contributed by atoms with van der Waals surface area (Å²) in [6.07, 6.45) is 1.50. The Balaban J connectivity index is -0.000000101. The maximum absolute atomic E-state index is 9.06. The summed E-state index contributed by atoms with van der Waals surface area (Å²) in [6.45, 7) is 10.0. The van der Waals surface area contributed by atoms with E-state index < -0.39 is 0 Å². The molecule has 0 aliphatic carbocycles. The van der Waals surface area contributed by atoms with Crippen molar-refractivity contribution in [2.75, 3.05) is 0 Å². The Labute approximate surface area is 74.7 Å². The summed E-state index contributed by atoms with van der Waals surface area (Å²) in [7, 11) is 0. The van der Waals surface area contributed by atoms with Gasteiger partial charge in [0.15, 0.2) is 0 Å². The Kier molecular flexibility index (Phi) is 24.3. The van der Waals surface area contributed by atoms with Crippen molar-refractivity contribution in [1.29, 1.82) is 0 Å². The summed E-state index contributed by atoms with van der Waals surface area (Å²) in [4.78, 5) is 9.06. The fourth-order valence-corrected chi connectivity index (χ4v) is 0. The van der Waals surface area contributed by atoms with Gasteiger partial charge in [-0.05, 0) is 33.8 Å². The monoisotopic (exact) mass is 176 g/mol. The minimum atomic E-state index is -0.167. The van der Waals surface area contributed by atoms with Gasteiger partial charge in [-0.15, -0.1) is 0 Å². The zero-order chi connectivity index (χ0) is 10.6. The molecule has 74 valence electrons. The summed E-state index contributed by atoms with van der Waals surface area (Å²) in [5.41, 5.74) is 0. The molecule has 0 spiro atoms. The van der Waals surface area contributed by atoms with Crippen LogP contribution >= 0.6 is 0 Å². The maximum atomic E-state index is 9.06. The van der Waals surface area contributed by atoms with E-state index in [-0.39, 0.29) is 12.2 Å². The zero-order valence-electron chi connectivity index (χ0n) is 8.32. The van der Waals surface area contributed by atoms with Gasteiger partial charge in [-0.3, -0.25) is 4.79 Å². The largest absolute Gasteiger partial charge is 0.394 e. The Morgan fingerprint density at radius 1 is 1.08 bits per heavy atom. The smallest absolute Gasteiger partial charge is 0.142 e. The Bertz CT molecular complexity index is 70.3. The number of hydrogen-bond acceptors (Lipinski definition) is 3. The van der Waals surface area contributed by atoms with Crippen molar-refractivity contribution >= 4 is 6.29 Å². The van der Waals surface area contributed by atoms with Crippen molar-refractivity contribution in [3.8, 4) is 0 Å². The van der Waals surface area contributed by atoms with Gasteiger partial charge in [0.2, 0.25) is 0 Å². The molecule has 0 atom stereocenters. The molecule has 0 fully saturated rings. The van der Waals surface area contributed by atoms with Gasteiger partial charge in [-0.1, -0.05) is 6.58 Å². The maximum Gasteiger partial charge on any atom is 0.142 e. The molecule has 12 heavy (non-hydrogen) atoms. The molecule has 0 aliphatic rings. The summed E-state index contributed by atoms with van der Waals surface area (Å²) >= 11 is 0. The SMILES string of the molecule is C=CC=O.CC(C)O.CC(C)O. The minimum absolute atomic E-state index is 0.167. The fourth-order valence-electron chi connectivity index (χ4n) is 0. The van der Waals surface area contributed by atoms with E-state index >= 15 is 0 Å². The summed E-state index contributed by atoms with van der Waals surface area (Å²) in [5.74, 6) is 0. The van der Waals surface area contributed by atoms with Crippen LogP contribution in [0.15, 0.2) is 12.7 Å². The molecule has 0 aliphatic heterocycles. The summed E-state index contributed by atoms with van der Waals surface area (Å²) in [6, 6.07) is 0. The van der Waals surface area contributed by atoms with Crippen molar-refractivity contribution in [1.82, 2.24) is 0 Å². The molecule has 3 heteroatoms. The van der Waals surface area contributed by atoms with Crippen molar-refractivity contribution in [2.24, 2.45) is 0 Å². The molecule has 0 heterocycles. The lowest BCUT2D eigenvalue weighted by atomic mass is 10.5. The predicted octanol–water partition coefficient (Wildman–Crippen LogP) is 1.15. The second kappa shape index (κ2) is 16.7. The number of allylic oxidation sites excluding steroid dienone is 1. The van der Waals surface area contributed by atoms with Crippen LogP contribution in [0.4, 0.5) is 0 Å². The third-order valence-electron chi connectivity index (χ3n) is 0.0962. The number of rotatable bonds is 1. The molecule has 0 unspecified atom stereocenters. The second-order valence-corrected chi connectivity index (χ2v) is 2.56. The Morgan fingerprint density at radius 3 is 1.17 bits per heavy atom. The molecule has 0 saturated heterocycles. The second-order valence-electron chi connectivity index (χ2n) is 2.56. The van der Waals surface area contributed by atoms with Crippen LogP contribution in [0.5, 0.6) is 0 Å². The van der Waals surface area contributed by atoms with E-state index in [0.717, 1.165) is 0 Å². The molecule has 2 N–H and O–H groups in total. The van der Waals surface area contributed by atoms with Gasteiger partial charge in [0.1, 0.15) is 6.29 Å². The predicted molar refractivity (Wildman–Crippen MR) is 51.0 cm³/mol. The molecule has 0 bridgehead atoms. The van der Waals surface area contributed by atoms with Crippen molar-refractivity contribution in [3.63, 3.8) is 0 Å². The van der Waals surface area contributed by atoms with Gasteiger partial charge in [0.25, 0.3) is 0 Å². The first kappa shape index (κ1) is 17.4. The number of carbonyl (C=O) groups is 1. The number of aliphatic hydroxyl groups excluding tert-OH is 2. The first-order valence-electron chi connectivity index (χ1n) is 3.80. The number of carbonyl (C=O) groups excluding carboxylic acids is 1. The number of hydrogen-bond donors (Lipinski definition) is 2. The van der Waals surface area contributed by atoms with Crippen molar-refractivity contribution in [3.05, 3.63) is 12.7 Å².